The number of pyridine rings is 2. The molecule has 2 aromatic heterocycles. The number of aromatic nitrogens is 2. The minimum absolute atomic E-state index is 0.0440. The van der Waals surface area contributed by atoms with Crippen molar-refractivity contribution in [1.82, 2.24) is 20.2 Å². The van der Waals surface area contributed by atoms with Gasteiger partial charge in [0.15, 0.2) is 0 Å². The first-order valence-corrected chi connectivity index (χ1v) is 11.7. The highest BCUT2D eigenvalue weighted by Crippen LogP contribution is 2.18. The van der Waals surface area contributed by atoms with Crippen molar-refractivity contribution in [2.24, 2.45) is 0 Å². The van der Waals surface area contributed by atoms with Crippen LogP contribution in [-0.4, -0.2) is 59.4 Å². The lowest BCUT2D eigenvalue weighted by atomic mass is 10.2. The van der Waals surface area contributed by atoms with Gasteiger partial charge in [-0.2, -0.15) is 0 Å². The van der Waals surface area contributed by atoms with Gasteiger partial charge in [0.25, 0.3) is 5.91 Å². The van der Waals surface area contributed by atoms with E-state index in [0.29, 0.717) is 38.5 Å². The van der Waals surface area contributed by atoms with Crippen LogP contribution in [-0.2, 0) is 11.4 Å². The molecule has 4 rings (SSSR count). The second-order valence-corrected chi connectivity index (χ2v) is 8.63. The molecule has 0 unspecified atom stereocenters. The van der Waals surface area contributed by atoms with Gasteiger partial charge in [0.1, 0.15) is 27.6 Å². The van der Waals surface area contributed by atoms with Gasteiger partial charge in [0.2, 0.25) is 5.91 Å². The molecular formula is C24H24IN5O3. The molecule has 0 atom stereocenters. The molecule has 1 saturated heterocycles. The van der Waals surface area contributed by atoms with Crippen LogP contribution in [0.4, 0.5) is 5.82 Å². The molecule has 1 aliphatic rings. The molecule has 1 fully saturated rings. The quantitative estimate of drug-likeness (QED) is 0.355. The van der Waals surface area contributed by atoms with Crippen LogP contribution >= 0.6 is 22.6 Å². The molecule has 8 nitrogen and oxygen atoms in total. The SMILES string of the molecule is O=C(NCC(=O)N1CCN(c2ccc(OCc3ccccc3)cn2)CC1)c1cccc(I)n1. The van der Waals surface area contributed by atoms with Crippen molar-refractivity contribution in [3.05, 3.63) is 81.8 Å². The summed E-state index contributed by atoms with van der Waals surface area (Å²) in [4.78, 5) is 37.3. The van der Waals surface area contributed by atoms with E-state index < -0.39 is 0 Å². The summed E-state index contributed by atoms with van der Waals surface area (Å²) in [7, 11) is 0. The van der Waals surface area contributed by atoms with Gasteiger partial charge in [-0.1, -0.05) is 36.4 Å². The third-order valence-electron chi connectivity index (χ3n) is 5.27. The summed E-state index contributed by atoms with van der Waals surface area (Å²) >= 11 is 2.05. The van der Waals surface area contributed by atoms with Crippen LogP contribution in [0.25, 0.3) is 0 Å². The molecular weight excluding hydrogens is 533 g/mol. The molecule has 0 aliphatic carbocycles. The molecule has 9 heteroatoms. The first-order chi connectivity index (χ1) is 16.1. The van der Waals surface area contributed by atoms with E-state index in [1.165, 1.54) is 0 Å². The summed E-state index contributed by atoms with van der Waals surface area (Å²) in [5.74, 6) is 1.12. The van der Waals surface area contributed by atoms with Gasteiger partial charge in [-0.3, -0.25) is 9.59 Å². The fourth-order valence-corrected chi connectivity index (χ4v) is 3.93. The molecule has 2 amide bonds. The fraction of sp³-hybridized carbons (Fsp3) is 0.250. The Labute approximate surface area is 206 Å². The summed E-state index contributed by atoms with van der Waals surface area (Å²) < 4.78 is 6.52. The Morgan fingerprint density at radius 2 is 1.76 bits per heavy atom. The van der Waals surface area contributed by atoms with Crippen LogP contribution in [0.3, 0.4) is 0 Å². The molecule has 1 N–H and O–H groups in total. The fourth-order valence-electron chi connectivity index (χ4n) is 3.46. The molecule has 0 spiro atoms. The van der Waals surface area contributed by atoms with Gasteiger partial charge >= 0.3 is 0 Å². The maximum Gasteiger partial charge on any atom is 0.270 e. The van der Waals surface area contributed by atoms with Crippen LogP contribution in [0.5, 0.6) is 5.75 Å². The lowest BCUT2D eigenvalue weighted by Gasteiger charge is -2.35. The van der Waals surface area contributed by atoms with Crippen molar-refractivity contribution in [2.45, 2.75) is 6.61 Å². The number of rotatable bonds is 7. The Kier molecular flexibility index (Phi) is 7.71. The summed E-state index contributed by atoms with van der Waals surface area (Å²) in [6, 6.07) is 19.0. The third kappa shape index (κ3) is 6.41. The van der Waals surface area contributed by atoms with Crippen LogP contribution < -0.4 is 15.0 Å². The topological polar surface area (TPSA) is 87.7 Å². The average molecular weight is 557 g/mol. The zero-order valence-corrected chi connectivity index (χ0v) is 20.1. The Balaban J connectivity index is 1.22. The number of hydrogen-bond donors (Lipinski definition) is 1. The summed E-state index contributed by atoms with van der Waals surface area (Å²) in [5, 5.41) is 2.66. The monoisotopic (exact) mass is 557 g/mol. The Hall–Kier alpha value is -3.21. The Morgan fingerprint density at radius 1 is 0.970 bits per heavy atom. The number of halogens is 1. The highest BCUT2D eigenvalue weighted by molar-refractivity contribution is 14.1. The van der Waals surface area contributed by atoms with Crippen LogP contribution in [0.15, 0.2) is 66.9 Å². The summed E-state index contributed by atoms with van der Waals surface area (Å²) in [6.45, 7) is 2.95. The van der Waals surface area contributed by atoms with Crippen LogP contribution in [0.1, 0.15) is 16.1 Å². The predicted octanol–water partition coefficient (Wildman–Crippen LogP) is 2.74. The van der Waals surface area contributed by atoms with Gasteiger partial charge in [-0.25, -0.2) is 9.97 Å². The van der Waals surface area contributed by atoms with E-state index in [-0.39, 0.29) is 18.4 Å². The summed E-state index contributed by atoms with van der Waals surface area (Å²) in [6.07, 6.45) is 1.73. The van der Waals surface area contributed by atoms with Gasteiger partial charge in [0, 0.05) is 26.2 Å². The molecule has 0 bridgehead atoms. The predicted molar refractivity (Wildman–Crippen MR) is 133 cm³/mol. The number of hydrogen-bond acceptors (Lipinski definition) is 6. The molecule has 1 aromatic carbocycles. The zero-order valence-electron chi connectivity index (χ0n) is 18.0. The first kappa shape index (κ1) is 23.0. The van der Waals surface area contributed by atoms with Gasteiger partial charge < -0.3 is 19.9 Å². The number of nitrogens with one attached hydrogen (secondary N) is 1. The lowest BCUT2D eigenvalue weighted by molar-refractivity contribution is -0.130. The average Bonchev–Trinajstić information content (AvgIpc) is 2.87. The van der Waals surface area contributed by atoms with E-state index in [4.69, 9.17) is 4.74 Å². The van der Waals surface area contributed by atoms with Crippen molar-refractivity contribution in [3.63, 3.8) is 0 Å². The van der Waals surface area contributed by atoms with E-state index >= 15 is 0 Å². The van der Waals surface area contributed by atoms with Gasteiger partial charge in [-0.15, -0.1) is 0 Å². The number of benzene rings is 1. The molecule has 33 heavy (non-hydrogen) atoms. The minimum atomic E-state index is -0.348. The van der Waals surface area contributed by atoms with E-state index in [9.17, 15) is 9.59 Å². The van der Waals surface area contributed by atoms with Gasteiger partial charge in [0.05, 0.1) is 12.7 Å². The van der Waals surface area contributed by atoms with E-state index in [2.05, 4.69) is 20.2 Å². The lowest BCUT2D eigenvalue weighted by Crippen LogP contribution is -2.51. The molecule has 1 aliphatic heterocycles. The van der Waals surface area contributed by atoms with Crippen molar-refractivity contribution < 1.29 is 14.3 Å². The van der Waals surface area contributed by atoms with Gasteiger partial charge in [-0.05, 0) is 52.4 Å². The number of carbonyl (C=O) groups is 2. The standard InChI is InChI=1S/C24H24IN5O3/c25-21-8-4-7-20(28-21)24(32)27-16-23(31)30-13-11-29(12-14-30)22-10-9-19(15-26-22)33-17-18-5-2-1-3-6-18/h1-10,15H,11-14,16-17H2,(H,27,32). The number of nitrogens with zero attached hydrogens (tertiary/aromatic N) is 4. The zero-order chi connectivity index (χ0) is 23.0. The van der Waals surface area contributed by atoms with E-state index in [1.54, 1.807) is 23.2 Å². The summed E-state index contributed by atoms with van der Waals surface area (Å²) in [5.41, 5.74) is 1.41. The normalized spacial score (nSPS) is 13.5. The van der Waals surface area contributed by atoms with E-state index in [0.717, 1.165) is 20.8 Å². The molecule has 3 heterocycles. The van der Waals surface area contributed by atoms with Crippen molar-refractivity contribution in [2.75, 3.05) is 37.6 Å². The molecule has 170 valence electrons. The van der Waals surface area contributed by atoms with Crippen LogP contribution in [0.2, 0.25) is 0 Å². The minimum Gasteiger partial charge on any atom is -0.487 e. The number of anilines is 1. The number of amides is 2. The number of piperazine rings is 1. The Morgan fingerprint density at radius 3 is 2.45 bits per heavy atom. The second kappa shape index (κ2) is 11.1. The maximum atomic E-state index is 12.5. The maximum absolute atomic E-state index is 12.5. The van der Waals surface area contributed by atoms with Crippen LogP contribution in [0, 0.1) is 3.70 Å². The molecule has 3 aromatic rings. The number of ether oxygens (including phenoxy) is 1. The second-order valence-electron chi connectivity index (χ2n) is 7.52. The Bertz CT molecular complexity index is 1090. The molecule has 0 radical (unpaired) electrons. The van der Waals surface area contributed by atoms with Crippen molar-refractivity contribution in [1.29, 1.82) is 0 Å². The highest BCUT2D eigenvalue weighted by Gasteiger charge is 2.22. The first-order valence-electron chi connectivity index (χ1n) is 10.6. The molecule has 0 saturated carbocycles. The largest absolute Gasteiger partial charge is 0.487 e. The van der Waals surface area contributed by atoms with Crippen molar-refractivity contribution >= 4 is 40.2 Å². The van der Waals surface area contributed by atoms with E-state index in [1.807, 2.05) is 71.1 Å². The number of carbonyl (C=O) groups excluding carboxylic acids is 2. The van der Waals surface area contributed by atoms with Crippen molar-refractivity contribution in [3.8, 4) is 5.75 Å². The third-order valence-corrected chi connectivity index (χ3v) is 5.87. The smallest absolute Gasteiger partial charge is 0.270 e. The highest BCUT2D eigenvalue weighted by atomic mass is 127.